The van der Waals surface area contributed by atoms with E-state index in [1.807, 2.05) is 29.5 Å². The summed E-state index contributed by atoms with van der Waals surface area (Å²) in [6, 6.07) is 6.04. The molecular formula is C17H19F3IN3O2S. The van der Waals surface area contributed by atoms with Gasteiger partial charge in [-0.1, -0.05) is 6.92 Å². The van der Waals surface area contributed by atoms with E-state index in [-0.39, 0.29) is 23.7 Å². The zero-order valence-electron chi connectivity index (χ0n) is 14.7. The topological polar surface area (TPSA) is 61.4 Å². The molecule has 2 rings (SSSR count). The average molecular weight is 513 g/mol. The molecule has 0 heterocycles. The van der Waals surface area contributed by atoms with E-state index < -0.39 is 33.2 Å². The summed E-state index contributed by atoms with van der Waals surface area (Å²) in [5, 5.41) is 2.45. The van der Waals surface area contributed by atoms with Crippen molar-refractivity contribution in [1.29, 1.82) is 0 Å². The minimum atomic E-state index is -3.82. The van der Waals surface area contributed by atoms with E-state index in [9.17, 15) is 21.6 Å². The van der Waals surface area contributed by atoms with Crippen molar-refractivity contribution in [2.45, 2.75) is 6.92 Å². The summed E-state index contributed by atoms with van der Waals surface area (Å²) < 4.78 is 69.4. The van der Waals surface area contributed by atoms with Crippen LogP contribution < -0.4 is 10.0 Å². The Bertz CT molecular complexity index is 926. The predicted octanol–water partition coefficient (Wildman–Crippen LogP) is 4.15. The number of hydrogen-bond acceptors (Lipinski definition) is 4. The van der Waals surface area contributed by atoms with Crippen LogP contribution in [0.15, 0.2) is 30.3 Å². The zero-order chi connectivity index (χ0) is 20.2. The second-order valence-corrected chi connectivity index (χ2v) is 8.94. The molecule has 0 amide bonds. The fourth-order valence-electron chi connectivity index (χ4n) is 2.14. The molecule has 2 aromatic rings. The predicted molar refractivity (Wildman–Crippen MR) is 109 cm³/mol. The lowest BCUT2D eigenvalue weighted by Gasteiger charge is -2.17. The molecule has 0 aromatic heterocycles. The fourth-order valence-corrected chi connectivity index (χ4v) is 3.75. The third-order valence-corrected chi connectivity index (χ3v) is 5.75. The minimum absolute atomic E-state index is 0.105. The Morgan fingerprint density at radius 1 is 1.07 bits per heavy atom. The lowest BCUT2D eigenvalue weighted by molar-refractivity contribution is 0.374. The largest absolute Gasteiger partial charge is 0.349 e. The molecule has 0 fully saturated rings. The number of sulfonamides is 1. The molecule has 0 bridgehead atoms. The van der Waals surface area contributed by atoms with Crippen LogP contribution in [-0.2, 0) is 10.0 Å². The quantitative estimate of drug-likeness (QED) is 0.521. The number of hydrogen-bond donors (Lipinski definition) is 2. The van der Waals surface area contributed by atoms with Crippen molar-refractivity contribution >= 4 is 49.7 Å². The van der Waals surface area contributed by atoms with Crippen LogP contribution in [0, 0.1) is 21.0 Å². The molecule has 0 saturated heterocycles. The minimum Gasteiger partial charge on any atom is -0.349 e. The summed E-state index contributed by atoms with van der Waals surface area (Å²) in [4.78, 5) is 1.80. The van der Waals surface area contributed by atoms with E-state index in [2.05, 4.69) is 10.0 Å². The molecule has 148 valence electrons. The third-order valence-electron chi connectivity index (χ3n) is 3.83. The molecule has 27 heavy (non-hydrogen) atoms. The van der Waals surface area contributed by atoms with Gasteiger partial charge >= 0.3 is 0 Å². The Morgan fingerprint density at radius 2 is 1.74 bits per heavy atom. The van der Waals surface area contributed by atoms with Crippen LogP contribution in [0.4, 0.5) is 30.2 Å². The fraction of sp³-hybridized carbons (Fsp3) is 0.294. The molecule has 0 atom stereocenters. The first kappa shape index (κ1) is 21.8. The van der Waals surface area contributed by atoms with E-state index in [4.69, 9.17) is 0 Å². The molecule has 2 N–H and O–H groups in total. The van der Waals surface area contributed by atoms with Crippen LogP contribution in [0.25, 0.3) is 0 Å². The second kappa shape index (κ2) is 9.11. The second-order valence-electron chi connectivity index (χ2n) is 5.85. The molecule has 0 aliphatic rings. The van der Waals surface area contributed by atoms with Crippen molar-refractivity contribution in [2.24, 2.45) is 0 Å². The van der Waals surface area contributed by atoms with Gasteiger partial charge in [0.1, 0.15) is 11.5 Å². The average Bonchev–Trinajstić information content (AvgIpc) is 2.61. The number of benzene rings is 2. The van der Waals surface area contributed by atoms with Gasteiger partial charge in [0, 0.05) is 10.1 Å². The third kappa shape index (κ3) is 5.98. The number of halogens is 4. The van der Waals surface area contributed by atoms with Gasteiger partial charge in [-0.05, 0) is 66.5 Å². The van der Waals surface area contributed by atoms with Gasteiger partial charge in [0.25, 0.3) is 0 Å². The molecule has 5 nitrogen and oxygen atoms in total. The van der Waals surface area contributed by atoms with Crippen molar-refractivity contribution in [3.8, 4) is 0 Å². The van der Waals surface area contributed by atoms with Crippen molar-refractivity contribution in [3.63, 3.8) is 0 Å². The molecule has 10 heteroatoms. The van der Waals surface area contributed by atoms with E-state index in [1.165, 1.54) is 12.1 Å². The standard InChI is InChI=1S/C17H19F3IN3O2S/c1-3-24(2)8-9-27(25,26)23-15-7-5-12(18)16(20)17(15)22-14-6-4-11(21)10-13(14)19/h4-7,10,22-23H,3,8-9H2,1-2H3. The van der Waals surface area contributed by atoms with Gasteiger partial charge in [-0.3, -0.25) is 4.72 Å². The molecule has 2 aromatic carbocycles. The van der Waals surface area contributed by atoms with Gasteiger partial charge in [-0.15, -0.1) is 0 Å². The van der Waals surface area contributed by atoms with E-state index in [0.717, 1.165) is 12.1 Å². The monoisotopic (exact) mass is 513 g/mol. The summed E-state index contributed by atoms with van der Waals surface area (Å²) in [6.07, 6.45) is 0. The van der Waals surface area contributed by atoms with Crippen molar-refractivity contribution in [3.05, 3.63) is 51.4 Å². The van der Waals surface area contributed by atoms with E-state index in [0.29, 0.717) is 10.1 Å². The SMILES string of the molecule is CCN(C)CCS(=O)(=O)Nc1ccc(F)c(F)c1Nc1ccc(I)cc1F. The van der Waals surface area contributed by atoms with Gasteiger partial charge in [0.2, 0.25) is 10.0 Å². The van der Waals surface area contributed by atoms with Gasteiger partial charge in [0.15, 0.2) is 11.6 Å². The van der Waals surface area contributed by atoms with Crippen LogP contribution in [0.2, 0.25) is 0 Å². The molecule has 0 spiro atoms. The Labute approximate surface area is 170 Å². The lowest BCUT2D eigenvalue weighted by atomic mass is 10.2. The number of nitrogens with one attached hydrogen (secondary N) is 2. The highest BCUT2D eigenvalue weighted by Gasteiger charge is 2.20. The summed E-state index contributed by atoms with van der Waals surface area (Å²) in [7, 11) is -2.05. The maximum Gasteiger partial charge on any atom is 0.234 e. The molecule has 0 aliphatic carbocycles. The van der Waals surface area contributed by atoms with Crippen molar-refractivity contribution in [2.75, 3.05) is 35.9 Å². The highest BCUT2D eigenvalue weighted by atomic mass is 127. The van der Waals surface area contributed by atoms with Crippen LogP contribution in [0.1, 0.15) is 6.92 Å². The summed E-state index contributed by atoms with van der Waals surface area (Å²) >= 11 is 1.91. The Morgan fingerprint density at radius 3 is 2.37 bits per heavy atom. The maximum atomic E-state index is 14.3. The normalized spacial score (nSPS) is 11.7. The Balaban J connectivity index is 2.33. The first-order valence-corrected chi connectivity index (χ1v) is 10.7. The number of nitrogens with zero attached hydrogens (tertiary/aromatic N) is 1. The van der Waals surface area contributed by atoms with Crippen molar-refractivity contribution < 1.29 is 21.6 Å². The molecular weight excluding hydrogens is 494 g/mol. The van der Waals surface area contributed by atoms with Crippen LogP contribution in [0.5, 0.6) is 0 Å². The van der Waals surface area contributed by atoms with Crippen LogP contribution in [0.3, 0.4) is 0 Å². The summed E-state index contributed by atoms with van der Waals surface area (Å²) in [5.74, 6) is -3.40. The highest BCUT2D eigenvalue weighted by molar-refractivity contribution is 14.1. The van der Waals surface area contributed by atoms with Gasteiger partial charge in [-0.2, -0.15) is 0 Å². The molecule has 0 radical (unpaired) electrons. The van der Waals surface area contributed by atoms with E-state index in [1.54, 1.807) is 18.0 Å². The Hall–Kier alpha value is -1.53. The lowest BCUT2D eigenvalue weighted by Crippen LogP contribution is -2.28. The van der Waals surface area contributed by atoms with Crippen LogP contribution in [-0.4, -0.2) is 39.2 Å². The van der Waals surface area contributed by atoms with Gasteiger partial charge < -0.3 is 10.2 Å². The maximum absolute atomic E-state index is 14.3. The first-order valence-electron chi connectivity index (χ1n) is 8.02. The first-order chi connectivity index (χ1) is 12.6. The Kier molecular flexibility index (Phi) is 7.34. The molecule has 0 aliphatic heterocycles. The van der Waals surface area contributed by atoms with E-state index >= 15 is 0 Å². The highest BCUT2D eigenvalue weighted by Crippen LogP contribution is 2.32. The smallest absolute Gasteiger partial charge is 0.234 e. The van der Waals surface area contributed by atoms with Crippen LogP contribution >= 0.6 is 22.6 Å². The van der Waals surface area contributed by atoms with Crippen molar-refractivity contribution in [1.82, 2.24) is 4.90 Å². The molecule has 0 unspecified atom stereocenters. The molecule has 0 saturated carbocycles. The summed E-state index contributed by atoms with van der Waals surface area (Å²) in [5.41, 5.74) is -0.792. The summed E-state index contributed by atoms with van der Waals surface area (Å²) in [6.45, 7) is 2.82. The number of rotatable bonds is 8. The number of anilines is 3. The zero-order valence-corrected chi connectivity index (χ0v) is 17.7. The van der Waals surface area contributed by atoms with Gasteiger partial charge in [0.05, 0.1) is 17.1 Å². The van der Waals surface area contributed by atoms with Gasteiger partial charge in [-0.25, -0.2) is 21.6 Å².